The molecule has 2 heterocycles. The number of hydrogen-bond acceptors (Lipinski definition) is 2. The van der Waals surface area contributed by atoms with Crippen molar-refractivity contribution in [2.24, 2.45) is 5.92 Å². The number of aryl methyl sites for hydroxylation is 1. The van der Waals surface area contributed by atoms with Crippen molar-refractivity contribution in [3.8, 4) is 0 Å². The lowest BCUT2D eigenvalue weighted by Crippen LogP contribution is -2.18. The van der Waals surface area contributed by atoms with E-state index in [1.165, 1.54) is 0 Å². The molecule has 1 N–H and O–H groups in total. The molecule has 0 fully saturated rings. The zero-order valence-corrected chi connectivity index (χ0v) is 12.2. The number of fused-ring (bicyclic) bond motifs is 1. The lowest BCUT2D eigenvalue weighted by molar-refractivity contribution is -0.136. The molecule has 0 aliphatic carbocycles. The van der Waals surface area contributed by atoms with Crippen LogP contribution in [-0.4, -0.2) is 22.3 Å². The maximum atomic E-state index is 12.4. The fourth-order valence-corrected chi connectivity index (χ4v) is 2.25. The van der Waals surface area contributed by atoms with Gasteiger partial charge in [0.15, 0.2) is 0 Å². The molecule has 0 aliphatic rings. The van der Waals surface area contributed by atoms with E-state index in [4.69, 9.17) is 0 Å². The van der Waals surface area contributed by atoms with Gasteiger partial charge in [0.05, 0.1) is 6.42 Å². The van der Waals surface area contributed by atoms with Gasteiger partial charge < -0.3 is 9.88 Å². The number of nitrogens with one attached hydrogen (secondary N) is 1. The first kappa shape index (κ1) is 15.8. The molecule has 0 unspecified atom stereocenters. The summed E-state index contributed by atoms with van der Waals surface area (Å²) in [6.07, 6.45) is -1.61. The Morgan fingerprint density at radius 2 is 2.10 bits per heavy atom. The number of halogens is 3. The second-order valence-corrected chi connectivity index (χ2v) is 5.61. The highest BCUT2D eigenvalue weighted by molar-refractivity contribution is 5.80. The molecule has 0 saturated heterocycles. The van der Waals surface area contributed by atoms with Gasteiger partial charge in [0.1, 0.15) is 5.65 Å². The minimum Gasteiger partial charge on any atom is -0.332 e. The van der Waals surface area contributed by atoms with E-state index in [-0.39, 0.29) is 6.54 Å². The summed E-state index contributed by atoms with van der Waals surface area (Å²) in [5.74, 6) is 0.529. The standard InChI is InChI=1S/C15H20F3N3/c1-11(2)8-19-9-12-10-21(7-5-15(16,17)18)14-13(12)4-3-6-20-14/h3-4,6,10-11,19H,5,7-9H2,1-2H3. The Bertz CT molecular complexity index is 587. The smallest absolute Gasteiger partial charge is 0.332 e. The molecular formula is C15H20F3N3. The van der Waals surface area contributed by atoms with Crippen LogP contribution in [0.5, 0.6) is 0 Å². The van der Waals surface area contributed by atoms with E-state index in [2.05, 4.69) is 24.1 Å². The fourth-order valence-electron chi connectivity index (χ4n) is 2.25. The minimum atomic E-state index is -4.15. The van der Waals surface area contributed by atoms with Crippen molar-refractivity contribution in [2.45, 2.75) is 39.5 Å². The van der Waals surface area contributed by atoms with E-state index in [0.29, 0.717) is 18.1 Å². The van der Waals surface area contributed by atoms with Gasteiger partial charge in [-0.1, -0.05) is 13.8 Å². The summed E-state index contributed by atoms with van der Waals surface area (Å²) < 4.78 is 38.8. The topological polar surface area (TPSA) is 29.9 Å². The summed E-state index contributed by atoms with van der Waals surface area (Å²) in [4.78, 5) is 4.21. The minimum absolute atomic E-state index is 0.0960. The molecule has 0 bridgehead atoms. The maximum absolute atomic E-state index is 12.4. The molecule has 0 atom stereocenters. The molecular weight excluding hydrogens is 279 g/mol. The predicted molar refractivity (Wildman–Crippen MR) is 76.9 cm³/mol. The average molecular weight is 299 g/mol. The van der Waals surface area contributed by atoms with Crippen molar-refractivity contribution in [3.63, 3.8) is 0 Å². The van der Waals surface area contributed by atoms with Gasteiger partial charge in [-0.05, 0) is 30.2 Å². The van der Waals surface area contributed by atoms with Crippen molar-refractivity contribution in [1.29, 1.82) is 0 Å². The first-order valence-electron chi connectivity index (χ1n) is 7.07. The van der Waals surface area contributed by atoms with Crippen LogP contribution in [0.15, 0.2) is 24.5 Å². The quantitative estimate of drug-likeness (QED) is 0.880. The molecule has 21 heavy (non-hydrogen) atoms. The maximum Gasteiger partial charge on any atom is 0.390 e. The number of pyridine rings is 1. The van der Waals surface area contributed by atoms with Gasteiger partial charge in [-0.2, -0.15) is 13.2 Å². The molecule has 3 nitrogen and oxygen atoms in total. The zero-order valence-electron chi connectivity index (χ0n) is 12.2. The molecule has 0 amide bonds. The highest BCUT2D eigenvalue weighted by atomic mass is 19.4. The fraction of sp³-hybridized carbons (Fsp3) is 0.533. The molecule has 2 rings (SSSR count). The van der Waals surface area contributed by atoms with Crippen molar-refractivity contribution in [1.82, 2.24) is 14.9 Å². The van der Waals surface area contributed by atoms with Crippen LogP contribution in [-0.2, 0) is 13.1 Å². The van der Waals surface area contributed by atoms with Gasteiger partial charge >= 0.3 is 6.18 Å². The number of rotatable bonds is 6. The van der Waals surface area contributed by atoms with Crippen LogP contribution >= 0.6 is 0 Å². The molecule has 2 aromatic heterocycles. The Hall–Kier alpha value is -1.56. The molecule has 0 radical (unpaired) electrons. The Morgan fingerprint density at radius 3 is 2.76 bits per heavy atom. The summed E-state index contributed by atoms with van der Waals surface area (Å²) in [5.41, 5.74) is 1.60. The van der Waals surface area contributed by atoms with E-state index in [0.717, 1.165) is 17.5 Å². The van der Waals surface area contributed by atoms with Gasteiger partial charge in [0.2, 0.25) is 0 Å². The van der Waals surface area contributed by atoms with Crippen LogP contribution in [0.1, 0.15) is 25.8 Å². The van der Waals surface area contributed by atoms with E-state index in [1.54, 1.807) is 17.0 Å². The summed E-state index contributed by atoms with van der Waals surface area (Å²) in [5, 5.41) is 4.23. The molecule has 0 aromatic carbocycles. The van der Waals surface area contributed by atoms with E-state index in [9.17, 15) is 13.2 Å². The first-order chi connectivity index (χ1) is 9.87. The van der Waals surface area contributed by atoms with Crippen molar-refractivity contribution in [2.75, 3.05) is 6.54 Å². The largest absolute Gasteiger partial charge is 0.390 e. The molecule has 0 aliphatic heterocycles. The number of hydrogen-bond donors (Lipinski definition) is 1. The summed E-state index contributed by atoms with van der Waals surface area (Å²) in [6, 6.07) is 3.71. The van der Waals surface area contributed by atoms with E-state index >= 15 is 0 Å². The molecule has 0 spiro atoms. The second kappa shape index (κ2) is 6.47. The van der Waals surface area contributed by atoms with Gasteiger partial charge in [0.25, 0.3) is 0 Å². The number of nitrogens with zero attached hydrogens (tertiary/aromatic N) is 2. The number of alkyl halides is 3. The Kier molecular flexibility index (Phi) is 4.88. The predicted octanol–water partition coefficient (Wildman–Crippen LogP) is 3.73. The van der Waals surface area contributed by atoms with Crippen molar-refractivity contribution < 1.29 is 13.2 Å². The highest BCUT2D eigenvalue weighted by Crippen LogP contribution is 2.24. The molecule has 116 valence electrons. The molecule has 0 saturated carbocycles. The third kappa shape index (κ3) is 4.46. The first-order valence-corrected chi connectivity index (χ1v) is 7.07. The van der Waals surface area contributed by atoms with Crippen LogP contribution in [0, 0.1) is 5.92 Å². The summed E-state index contributed by atoms with van der Waals surface area (Å²) >= 11 is 0. The van der Waals surface area contributed by atoms with Crippen LogP contribution in [0.4, 0.5) is 13.2 Å². The van der Waals surface area contributed by atoms with Gasteiger partial charge in [-0.15, -0.1) is 0 Å². The van der Waals surface area contributed by atoms with E-state index in [1.807, 2.05) is 12.1 Å². The summed E-state index contributed by atoms with van der Waals surface area (Å²) in [6.45, 7) is 5.64. The van der Waals surface area contributed by atoms with Crippen LogP contribution in [0.25, 0.3) is 11.0 Å². The lowest BCUT2D eigenvalue weighted by Gasteiger charge is -2.07. The summed E-state index contributed by atoms with van der Waals surface area (Å²) in [7, 11) is 0. The SMILES string of the molecule is CC(C)CNCc1cn(CCC(F)(F)F)c2ncccc12. The van der Waals surface area contributed by atoms with Crippen LogP contribution in [0.2, 0.25) is 0 Å². The third-order valence-corrected chi connectivity index (χ3v) is 3.22. The van der Waals surface area contributed by atoms with Crippen LogP contribution < -0.4 is 5.32 Å². The Labute approximate surface area is 122 Å². The highest BCUT2D eigenvalue weighted by Gasteiger charge is 2.27. The van der Waals surface area contributed by atoms with Gasteiger partial charge in [0, 0.05) is 30.9 Å². The zero-order chi connectivity index (χ0) is 15.5. The molecule has 6 heteroatoms. The molecule has 2 aromatic rings. The van der Waals surface area contributed by atoms with Crippen molar-refractivity contribution in [3.05, 3.63) is 30.1 Å². The third-order valence-electron chi connectivity index (χ3n) is 3.22. The number of aromatic nitrogens is 2. The monoisotopic (exact) mass is 299 g/mol. The lowest BCUT2D eigenvalue weighted by atomic mass is 10.2. The van der Waals surface area contributed by atoms with Crippen molar-refractivity contribution >= 4 is 11.0 Å². The Balaban J connectivity index is 2.18. The normalized spacial score (nSPS) is 12.5. The second-order valence-electron chi connectivity index (χ2n) is 5.61. The Morgan fingerprint density at radius 1 is 1.33 bits per heavy atom. The van der Waals surface area contributed by atoms with Crippen LogP contribution in [0.3, 0.4) is 0 Å². The van der Waals surface area contributed by atoms with Gasteiger partial charge in [-0.3, -0.25) is 0 Å². The average Bonchev–Trinajstić information content (AvgIpc) is 2.74. The van der Waals surface area contributed by atoms with E-state index < -0.39 is 12.6 Å². The van der Waals surface area contributed by atoms with Gasteiger partial charge in [-0.25, -0.2) is 4.98 Å².